The van der Waals surface area contributed by atoms with E-state index in [0.717, 1.165) is 23.1 Å². The molecule has 6 nitrogen and oxygen atoms in total. The Morgan fingerprint density at radius 3 is 2.85 bits per heavy atom. The number of hydrogen-bond acceptors (Lipinski definition) is 5. The molecule has 0 aliphatic heterocycles. The van der Waals surface area contributed by atoms with Crippen molar-refractivity contribution < 1.29 is 9.90 Å². The van der Waals surface area contributed by atoms with Crippen molar-refractivity contribution in [1.29, 1.82) is 0 Å². The molecule has 1 N–H and O–H groups in total. The smallest absolute Gasteiger partial charge is 0.313 e. The highest BCUT2D eigenvalue weighted by atomic mass is 32.2. The number of carboxylic acids is 1. The first-order chi connectivity index (χ1) is 9.49. The van der Waals surface area contributed by atoms with E-state index in [-0.39, 0.29) is 5.75 Å². The second-order valence-electron chi connectivity index (χ2n) is 4.53. The van der Waals surface area contributed by atoms with E-state index in [4.69, 9.17) is 5.11 Å². The molecule has 0 saturated heterocycles. The van der Waals surface area contributed by atoms with Gasteiger partial charge in [0.2, 0.25) is 0 Å². The van der Waals surface area contributed by atoms with Gasteiger partial charge >= 0.3 is 5.97 Å². The van der Waals surface area contributed by atoms with Gasteiger partial charge in [-0.15, -0.1) is 10.2 Å². The van der Waals surface area contributed by atoms with Crippen LogP contribution in [0.25, 0.3) is 5.69 Å². The molecule has 0 spiro atoms. The van der Waals surface area contributed by atoms with E-state index in [0.29, 0.717) is 5.16 Å². The van der Waals surface area contributed by atoms with Crippen molar-refractivity contribution in [3.05, 3.63) is 30.1 Å². The van der Waals surface area contributed by atoms with Crippen molar-refractivity contribution in [2.75, 3.05) is 24.7 Å². The lowest BCUT2D eigenvalue weighted by Gasteiger charge is -2.17. The molecule has 7 heteroatoms. The summed E-state index contributed by atoms with van der Waals surface area (Å²) in [6.45, 7) is 2.05. The number of rotatable bonds is 5. The largest absolute Gasteiger partial charge is 0.481 e. The summed E-state index contributed by atoms with van der Waals surface area (Å²) in [6.07, 6.45) is 1.59. The summed E-state index contributed by atoms with van der Waals surface area (Å²) in [5.41, 5.74) is 3.19. The molecule has 0 amide bonds. The Morgan fingerprint density at radius 1 is 1.45 bits per heavy atom. The van der Waals surface area contributed by atoms with Crippen LogP contribution in [-0.2, 0) is 4.79 Å². The molecule has 0 radical (unpaired) electrons. The predicted octanol–water partition coefficient (Wildman–Crippen LogP) is 1.82. The summed E-state index contributed by atoms with van der Waals surface area (Å²) in [4.78, 5) is 12.7. The minimum absolute atomic E-state index is 0.0366. The van der Waals surface area contributed by atoms with Gasteiger partial charge in [-0.2, -0.15) is 0 Å². The maximum absolute atomic E-state index is 10.6. The van der Waals surface area contributed by atoms with Gasteiger partial charge in [-0.25, -0.2) is 0 Å². The number of hydrogen-bond donors (Lipinski definition) is 1. The van der Waals surface area contributed by atoms with Crippen LogP contribution in [0.3, 0.4) is 0 Å². The number of carbonyl (C=O) groups is 1. The van der Waals surface area contributed by atoms with Crippen molar-refractivity contribution in [2.45, 2.75) is 12.1 Å². The van der Waals surface area contributed by atoms with Crippen LogP contribution < -0.4 is 4.90 Å². The van der Waals surface area contributed by atoms with Gasteiger partial charge in [0, 0.05) is 19.8 Å². The zero-order valence-corrected chi connectivity index (χ0v) is 12.4. The Balaban J connectivity index is 2.35. The highest BCUT2D eigenvalue weighted by Crippen LogP contribution is 2.25. The lowest BCUT2D eigenvalue weighted by Crippen LogP contribution is -2.11. The number of anilines is 1. The molecule has 0 unspecified atom stereocenters. The van der Waals surface area contributed by atoms with Gasteiger partial charge in [0.15, 0.2) is 5.16 Å². The standard InChI is InChI=1S/C13H16N4O2S/c1-9-4-5-10(6-11(9)16(2)3)17-8-14-15-13(17)20-7-12(18)19/h4-6,8H,7H2,1-3H3,(H,18,19). The number of benzene rings is 1. The van der Waals surface area contributed by atoms with Gasteiger partial charge in [0.1, 0.15) is 6.33 Å². The Morgan fingerprint density at radius 2 is 2.20 bits per heavy atom. The molecule has 20 heavy (non-hydrogen) atoms. The average Bonchev–Trinajstić information content (AvgIpc) is 2.85. The molecule has 2 rings (SSSR count). The third-order valence-electron chi connectivity index (χ3n) is 2.79. The van der Waals surface area contributed by atoms with Crippen LogP contribution in [0.1, 0.15) is 5.56 Å². The number of aromatic nitrogens is 3. The second kappa shape index (κ2) is 5.96. The monoisotopic (exact) mass is 292 g/mol. The van der Waals surface area contributed by atoms with Crippen LogP contribution in [-0.4, -0.2) is 45.7 Å². The van der Waals surface area contributed by atoms with E-state index < -0.39 is 5.97 Å². The first-order valence-corrected chi connectivity index (χ1v) is 7.00. The Hall–Kier alpha value is -2.02. The summed E-state index contributed by atoms with van der Waals surface area (Å²) in [5, 5.41) is 17.1. The van der Waals surface area contributed by atoms with Gasteiger partial charge in [0.25, 0.3) is 0 Å². The van der Waals surface area contributed by atoms with Crippen LogP contribution in [0.5, 0.6) is 0 Å². The predicted molar refractivity (Wildman–Crippen MR) is 78.8 cm³/mol. The van der Waals surface area contributed by atoms with Gasteiger partial charge in [0.05, 0.1) is 11.4 Å². The highest BCUT2D eigenvalue weighted by Gasteiger charge is 2.11. The molecule has 0 atom stereocenters. The van der Waals surface area contributed by atoms with E-state index >= 15 is 0 Å². The molecule has 0 aliphatic carbocycles. The summed E-state index contributed by atoms with van der Waals surface area (Å²) in [6, 6.07) is 6.02. The van der Waals surface area contributed by atoms with Crippen LogP contribution in [0, 0.1) is 6.92 Å². The fraction of sp³-hybridized carbons (Fsp3) is 0.308. The first-order valence-electron chi connectivity index (χ1n) is 6.02. The SMILES string of the molecule is Cc1ccc(-n2cnnc2SCC(=O)O)cc1N(C)C. The zero-order chi connectivity index (χ0) is 14.7. The second-order valence-corrected chi connectivity index (χ2v) is 5.47. The minimum atomic E-state index is -0.873. The summed E-state index contributed by atoms with van der Waals surface area (Å²) >= 11 is 1.15. The van der Waals surface area contributed by atoms with Crippen LogP contribution in [0.2, 0.25) is 0 Å². The Bertz CT molecular complexity index is 625. The van der Waals surface area contributed by atoms with E-state index in [9.17, 15) is 4.79 Å². The molecule has 0 fully saturated rings. The molecular formula is C13H16N4O2S. The number of thioether (sulfide) groups is 1. The molecule has 106 valence electrons. The van der Waals surface area contributed by atoms with E-state index in [1.165, 1.54) is 5.56 Å². The van der Waals surface area contributed by atoms with E-state index in [2.05, 4.69) is 10.2 Å². The molecule has 1 aromatic heterocycles. The number of carboxylic acid groups (broad SMARTS) is 1. The summed E-state index contributed by atoms with van der Waals surface area (Å²) in [7, 11) is 3.97. The van der Waals surface area contributed by atoms with Crippen LogP contribution >= 0.6 is 11.8 Å². The summed E-state index contributed by atoms with van der Waals surface area (Å²) < 4.78 is 1.79. The van der Waals surface area contributed by atoms with Crippen molar-refractivity contribution in [2.24, 2.45) is 0 Å². The number of aliphatic carboxylic acids is 1. The normalized spacial score (nSPS) is 10.6. The molecule has 0 aliphatic rings. The molecule has 1 heterocycles. The van der Waals surface area contributed by atoms with Crippen molar-refractivity contribution in [1.82, 2.24) is 14.8 Å². The third-order valence-corrected chi connectivity index (χ3v) is 3.72. The number of nitrogens with zero attached hydrogens (tertiary/aromatic N) is 4. The van der Waals surface area contributed by atoms with Crippen molar-refractivity contribution in [3.63, 3.8) is 0 Å². The molecular weight excluding hydrogens is 276 g/mol. The Labute approximate surface area is 121 Å². The maximum atomic E-state index is 10.6. The maximum Gasteiger partial charge on any atom is 0.313 e. The van der Waals surface area contributed by atoms with Gasteiger partial charge in [-0.1, -0.05) is 17.8 Å². The third kappa shape index (κ3) is 3.11. The van der Waals surface area contributed by atoms with Crippen molar-refractivity contribution in [3.8, 4) is 5.69 Å². The highest BCUT2D eigenvalue weighted by molar-refractivity contribution is 7.99. The lowest BCUT2D eigenvalue weighted by molar-refractivity contribution is -0.133. The Kier molecular flexibility index (Phi) is 4.29. The van der Waals surface area contributed by atoms with Gasteiger partial charge in [-0.05, 0) is 24.6 Å². The van der Waals surface area contributed by atoms with Gasteiger partial charge in [-0.3, -0.25) is 9.36 Å². The van der Waals surface area contributed by atoms with Crippen LogP contribution in [0.15, 0.2) is 29.7 Å². The molecule has 0 bridgehead atoms. The average molecular weight is 292 g/mol. The van der Waals surface area contributed by atoms with E-state index in [1.807, 2.05) is 44.1 Å². The quantitative estimate of drug-likeness (QED) is 0.848. The fourth-order valence-corrected chi connectivity index (χ4v) is 2.50. The first kappa shape index (κ1) is 14.4. The van der Waals surface area contributed by atoms with Gasteiger partial charge < -0.3 is 10.0 Å². The molecule has 2 aromatic rings. The number of aryl methyl sites for hydroxylation is 1. The van der Waals surface area contributed by atoms with Crippen molar-refractivity contribution >= 4 is 23.4 Å². The molecule has 1 aromatic carbocycles. The van der Waals surface area contributed by atoms with Crippen LogP contribution in [0.4, 0.5) is 5.69 Å². The lowest BCUT2D eigenvalue weighted by atomic mass is 10.1. The topological polar surface area (TPSA) is 71.2 Å². The fourth-order valence-electron chi connectivity index (χ4n) is 1.86. The molecule has 0 saturated carbocycles. The summed E-state index contributed by atoms with van der Waals surface area (Å²) in [5.74, 6) is -0.909. The minimum Gasteiger partial charge on any atom is -0.481 e. The van der Waals surface area contributed by atoms with E-state index in [1.54, 1.807) is 10.9 Å². The zero-order valence-electron chi connectivity index (χ0n) is 11.6.